The van der Waals surface area contributed by atoms with Gasteiger partial charge >= 0.3 is 12.0 Å². The Balaban J connectivity index is 2.01. The summed E-state index contributed by atoms with van der Waals surface area (Å²) in [6.07, 6.45) is 7.52. The lowest BCUT2D eigenvalue weighted by atomic mass is 9.91. The van der Waals surface area contributed by atoms with Crippen LogP contribution in [0, 0.1) is 11.8 Å². The van der Waals surface area contributed by atoms with Crippen molar-refractivity contribution in [1.82, 2.24) is 10.2 Å². The van der Waals surface area contributed by atoms with Gasteiger partial charge in [0.2, 0.25) is 0 Å². The number of carbonyl (C=O) groups is 2. The predicted molar refractivity (Wildman–Crippen MR) is 81.1 cm³/mol. The molecular weight excluding hydrogens is 268 g/mol. The van der Waals surface area contributed by atoms with Gasteiger partial charge in [-0.25, -0.2) is 9.59 Å². The molecule has 5 nitrogen and oxygen atoms in total. The number of likely N-dealkylation sites (tertiary alicyclic amines) is 1. The van der Waals surface area contributed by atoms with E-state index in [-0.39, 0.29) is 18.0 Å². The molecule has 0 bridgehead atoms. The maximum Gasteiger partial charge on any atom is 0.326 e. The zero-order valence-electron chi connectivity index (χ0n) is 13.2. The van der Waals surface area contributed by atoms with Crippen molar-refractivity contribution in [3.8, 4) is 0 Å². The Bertz CT molecular complexity index is 386. The highest BCUT2D eigenvalue weighted by Crippen LogP contribution is 2.26. The number of rotatable bonds is 2. The summed E-state index contributed by atoms with van der Waals surface area (Å²) in [7, 11) is 0. The summed E-state index contributed by atoms with van der Waals surface area (Å²) >= 11 is 0. The molecule has 0 aromatic rings. The van der Waals surface area contributed by atoms with E-state index in [1.54, 1.807) is 0 Å². The summed E-state index contributed by atoms with van der Waals surface area (Å²) in [5.41, 5.74) is 0. The standard InChI is InChI=1S/C16H28N2O3/c1-11-7-4-3-5-9-13(11)17-16(21)18-10-6-8-12(2)14(18)15(19)20/h11-14H,3-10H2,1-2H3,(H,17,21)(H,19,20). The molecule has 1 aliphatic carbocycles. The van der Waals surface area contributed by atoms with Crippen molar-refractivity contribution in [2.75, 3.05) is 6.54 Å². The van der Waals surface area contributed by atoms with Crippen LogP contribution in [0.5, 0.6) is 0 Å². The van der Waals surface area contributed by atoms with Gasteiger partial charge in [-0.3, -0.25) is 0 Å². The van der Waals surface area contributed by atoms with Crippen molar-refractivity contribution < 1.29 is 14.7 Å². The summed E-state index contributed by atoms with van der Waals surface area (Å²) < 4.78 is 0. The Labute approximate surface area is 127 Å². The molecule has 2 rings (SSSR count). The minimum Gasteiger partial charge on any atom is -0.480 e. The first-order valence-corrected chi connectivity index (χ1v) is 8.30. The number of carbonyl (C=O) groups excluding carboxylic acids is 1. The van der Waals surface area contributed by atoms with Crippen molar-refractivity contribution in [2.45, 2.75) is 70.9 Å². The van der Waals surface area contributed by atoms with Crippen LogP contribution in [0.1, 0.15) is 58.8 Å². The average molecular weight is 296 g/mol. The van der Waals surface area contributed by atoms with E-state index < -0.39 is 12.0 Å². The summed E-state index contributed by atoms with van der Waals surface area (Å²) in [6, 6.07) is -0.681. The highest BCUT2D eigenvalue weighted by atomic mass is 16.4. The van der Waals surface area contributed by atoms with Gasteiger partial charge in [0.15, 0.2) is 0 Å². The molecule has 2 fully saturated rings. The maximum absolute atomic E-state index is 12.5. The molecule has 1 saturated carbocycles. The van der Waals surface area contributed by atoms with Crippen molar-refractivity contribution in [3.05, 3.63) is 0 Å². The lowest BCUT2D eigenvalue weighted by molar-refractivity contribution is -0.145. The van der Waals surface area contributed by atoms with Gasteiger partial charge in [-0.1, -0.05) is 33.1 Å². The van der Waals surface area contributed by atoms with Crippen LogP contribution in [0.15, 0.2) is 0 Å². The number of hydrogen-bond donors (Lipinski definition) is 2. The second kappa shape index (κ2) is 7.14. The van der Waals surface area contributed by atoms with E-state index in [9.17, 15) is 14.7 Å². The maximum atomic E-state index is 12.5. The molecule has 1 aliphatic heterocycles. The van der Waals surface area contributed by atoms with Gasteiger partial charge in [0.1, 0.15) is 6.04 Å². The van der Waals surface area contributed by atoms with Crippen molar-refractivity contribution >= 4 is 12.0 Å². The molecule has 2 amide bonds. The van der Waals surface area contributed by atoms with Crippen LogP contribution in [-0.4, -0.2) is 40.6 Å². The molecule has 21 heavy (non-hydrogen) atoms. The number of amides is 2. The monoisotopic (exact) mass is 296 g/mol. The average Bonchev–Trinajstić information content (AvgIpc) is 2.63. The van der Waals surface area contributed by atoms with Crippen molar-refractivity contribution in [1.29, 1.82) is 0 Å². The fourth-order valence-corrected chi connectivity index (χ4v) is 3.74. The number of hydrogen-bond acceptors (Lipinski definition) is 2. The largest absolute Gasteiger partial charge is 0.480 e. The van der Waals surface area contributed by atoms with E-state index in [4.69, 9.17) is 0 Å². The lowest BCUT2D eigenvalue weighted by Crippen LogP contribution is -2.57. The molecule has 0 spiro atoms. The molecule has 120 valence electrons. The minimum atomic E-state index is -0.883. The van der Waals surface area contributed by atoms with Gasteiger partial charge in [0, 0.05) is 12.6 Å². The number of nitrogens with zero attached hydrogens (tertiary/aromatic N) is 1. The molecule has 5 heteroatoms. The summed E-state index contributed by atoms with van der Waals surface area (Å²) in [5, 5.41) is 12.5. The summed E-state index contributed by atoms with van der Waals surface area (Å²) in [4.78, 5) is 25.5. The molecule has 1 heterocycles. The Morgan fingerprint density at radius 1 is 1.00 bits per heavy atom. The molecule has 0 aromatic carbocycles. The third-order valence-electron chi connectivity index (χ3n) is 5.12. The summed E-state index contributed by atoms with van der Waals surface area (Å²) in [5.74, 6) is -0.387. The van der Waals surface area contributed by atoms with E-state index in [0.29, 0.717) is 12.5 Å². The van der Waals surface area contributed by atoms with Gasteiger partial charge in [0.25, 0.3) is 0 Å². The van der Waals surface area contributed by atoms with E-state index in [2.05, 4.69) is 12.2 Å². The molecule has 1 saturated heterocycles. The number of aliphatic carboxylic acids is 1. The van der Waals surface area contributed by atoms with E-state index in [1.807, 2.05) is 6.92 Å². The minimum absolute atomic E-state index is 0.0218. The van der Waals surface area contributed by atoms with Crippen LogP contribution in [0.25, 0.3) is 0 Å². The smallest absolute Gasteiger partial charge is 0.326 e. The van der Waals surface area contributed by atoms with Gasteiger partial charge < -0.3 is 15.3 Å². The third kappa shape index (κ3) is 3.89. The van der Waals surface area contributed by atoms with Crippen molar-refractivity contribution in [3.63, 3.8) is 0 Å². The molecule has 2 N–H and O–H groups in total. The van der Waals surface area contributed by atoms with Crippen molar-refractivity contribution in [2.24, 2.45) is 11.8 Å². The molecule has 2 aliphatic rings. The Morgan fingerprint density at radius 2 is 1.67 bits per heavy atom. The Kier molecular flexibility index (Phi) is 5.48. The summed E-state index contributed by atoms with van der Waals surface area (Å²) in [6.45, 7) is 4.66. The van der Waals surface area contributed by atoms with Crippen LogP contribution in [0.4, 0.5) is 4.79 Å². The Hall–Kier alpha value is -1.26. The Morgan fingerprint density at radius 3 is 2.38 bits per heavy atom. The zero-order valence-corrected chi connectivity index (χ0v) is 13.2. The second-order valence-corrected chi connectivity index (χ2v) is 6.77. The first kappa shape index (κ1) is 16.1. The van der Waals surface area contributed by atoms with Crippen LogP contribution in [0.3, 0.4) is 0 Å². The SMILES string of the molecule is CC1CCCCCC1NC(=O)N1CCCC(C)C1C(=O)O. The number of urea groups is 1. The molecule has 4 unspecified atom stereocenters. The fraction of sp³-hybridized carbons (Fsp3) is 0.875. The van der Waals surface area contributed by atoms with Gasteiger partial charge in [0.05, 0.1) is 0 Å². The highest BCUT2D eigenvalue weighted by molar-refractivity contribution is 5.83. The molecule has 4 atom stereocenters. The number of piperidine rings is 1. The predicted octanol–water partition coefficient (Wildman–Crippen LogP) is 2.85. The van der Waals surface area contributed by atoms with Gasteiger partial charge in [-0.2, -0.15) is 0 Å². The van der Waals surface area contributed by atoms with E-state index in [1.165, 1.54) is 17.7 Å². The highest BCUT2D eigenvalue weighted by Gasteiger charge is 2.38. The normalized spacial score (nSPS) is 34.1. The molecule has 0 aromatic heterocycles. The number of carboxylic acids is 1. The van der Waals surface area contributed by atoms with Crippen LogP contribution in [-0.2, 0) is 4.79 Å². The quantitative estimate of drug-likeness (QED) is 0.770. The van der Waals surface area contributed by atoms with Crippen LogP contribution < -0.4 is 5.32 Å². The number of carboxylic acid groups (broad SMARTS) is 1. The van der Waals surface area contributed by atoms with E-state index in [0.717, 1.165) is 32.1 Å². The first-order valence-electron chi connectivity index (χ1n) is 8.30. The third-order valence-corrected chi connectivity index (χ3v) is 5.12. The topological polar surface area (TPSA) is 69.6 Å². The van der Waals surface area contributed by atoms with Gasteiger partial charge in [-0.15, -0.1) is 0 Å². The second-order valence-electron chi connectivity index (χ2n) is 6.77. The lowest BCUT2D eigenvalue weighted by Gasteiger charge is -2.38. The number of nitrogens with one attached hydrogen (secondary N) is 1. The van der Waals surface area contributed by atoms with E-state index >= 15 is 0 Å². The van der Waals surface area contributed by atoms with Gasteiger partial charge in [-0.05, 0) is 37.5 Å². The zero-order chi connectivity index (χ0) is 15.4. The van der Waals surface area contributed by atoms with Crippen LogP contribution in [0.2, 0.25) is 0 Å². The van der Waals surface area contributed by atoms with Crippen LogP contribution >= 0.6 is 0 Å². The first-order chi connectivity index (χ1) is 10.0. The molecular formula is C16H28N2O3. The fourth-order valence-electron chi connectivity index (χ4n) is 3.74. The molecule has 0 radical (unpaired) electrons.